The summed E-state index contributed by atoms with van der Waals surface area (Å²) in [6, 6.07) is 8.69. The van der Waals surface area contributed by atoms with E-state index in [4.69, 9.17) is 4.74 Å². The van der Waals surface area contributed by atoms with Crippen molar-refractivity contribution in [3.05, 3.63) is 53.9 Å². The molecule has 3 aromatic rings. The van der Waals surface area contributed by atoms with Gasteiger partial charge in [-0.25, -0.2) is 14.8 Å². The van der Waals surface area contributed by atoms with Crippen LogP contribution >= 0.6 is 0 Å². The van der Waals surface area contributed by atoms with Crippen LogP contribution in [0.25, 0.3) is 11.0 Å². The molecule has 9 heteroatoms. The smallest absolute Gasteiger partial charge is 0.462 e. The molecule has 2 heterocycles. The molecule has 28 heavy (non-hydrogen) atoms. The van der Waals surface area contributed by atoms with Gasteiger partial charge in [0.05, 0.1) is 12.3 Å². The number of halogens is 3. The van der Waals surface area contributed by atoms with E-state index >= 15 is 0 Å². The van der Waals surface area contributed by atoms with E-state index in [-0.39, 0.29) is 17.9 Å². The maximum atomic E-state index is 12.3. The molecule has 0 bridgehead atoms. The first-order valence-corrected chi connectivity index (χ1v) is 8.33. The molecule has 0 amide bonds. The monoisotopic (exact) mass is 391 g/mol. The molecule has 1 N–H and O–H groups in total. The highest BCUT2D eigenvalue weighted by molar-refractivity contribution is 6.05. The lowest BCUT2D eigenvalue weighted by atomic mass is 10.1. The number of rotatable bonds is 5. The van der Waals surface area contributed by atoms with Crippen LogP contribution in [0.4, 0.5) is 24.5 Å². The van der Waals surface area contributed by atoms with Crippen LogP contribution in [0.1, 0.15) is 23.0 Å². The third kappa shape index (κ3) is 4.48. The normalized spacial score (nSPS) is 11.3. The van der Waals surface area contributed by atoms with Gasteiger partial charge in [-0.2, -0.15) is 0 Å². The predicted molar refractivity (Wildman–Crippen MR) is 96.6 cm³/mol. The van der Waals surface area contributed by atoms with E-state index in [1.54, 1.807) is 19.1 Å². The molecule has 6 nitrogen and oxygen atoms in total. The molecule has 0 saturated carbocycles. The van der Waals surface area contributed by atoms with E-state index in [2.05, 4.69) is 20.0 Å². The van der Waals surface area contributed by atoms with Gasteiger partial charge in [0.15, 0.2) is 5.65 Å². The SMILES string of the molecule is CCOC(=O)c1cnc2nc(C)ccc2c1Nc1ccc(OC(F)(F)F)cc1. The number of pyridine rings is 2. The number of carbonyl (C=O) groups excluding carboxylic acids is 1. The summed E-state index contributed by atoms with van der Waals surface area (Å²) in [7, 11) is 0. The van der Waals surface area contributed by atoms with E-state index < -0.39 is 12.3 Å². The van der Waals surface area contributed by atoms with Crippen LogP contribution in [-0.4, -0.2) is 28.9 Å². The second-order valence-electron chi connectivity index (χ2n) is 5.79. The average molecular weight is 391 g/mol. The quantitative estimate of drug-likeness (QED) is 0.633. The zero-order valence-electron chi connectivity index (χ0n) is 15.0. The van der Waals surface area contributed by atoms with Crippen molar-refractivity contribution in [3.63, 3.8) is 0 Å². The number of alkyl halides is 3. The number of hydrogen-bond acceptors (Lipinski definition) is 6. The zero-order chi connectivity index (χ0) is 20.3. The molecule has 3 rings (SSSR count). The highest BCUT2D eigenvalue weighted by atomic mass is 19.4. The van der Waals surface area contributed by atoms with Crippen LogP contribution in [0.15, 0.2) is 42.6 Å². The summed E-state index contributed by atoms with van der Waals surface area (Å²) >= 11 is 0. The lowest BCUT2D eigenvalue weighted by Gasteiger charge is -2.15. The Kier molecular flexibility index (Phi) is 5.34. The lowest BCUT2D eigenvalue weighted by molar-refractivity contribution is -0.274. The Morgan fingerprint density at radius 1 is 1.14 bits per heavy atom. The summed E-state index contributed by atoms with van der Waals surface area (Å²) in [4.78, 5) is 20.8. The summed E-state index contributed by atoms with van der Waals surface area (Å²) in [6.07, 6.45) is -3.41. The second kappa shape index (κ2) is 7.71. The summed E-state index contributed by atoms with van der Waals surface area (Å²) in [5, 5.41) is 3.62. The van der Waals surface area contributed by atoms with Crippen molar-refractivity contribution >= 4 is 28.4 Å². The summed E-state index contributed by atoms with van der Waals surface area (Å²) < 4.78 is 45.9. The summed E-state index contributed by atoms with van der Waals surface area (Å²) in [5.41, 5.74) is 2.22. The number of anilines is 2. The van der Waals surface area contributed by atoms with Gasteiger partial charge >= 0.3 is 12.3 Å². The Morgan fingerprint density at radius 3 is 2.50 bits per heavy atom. The van der Waals surface area contributed by atoms with Crippen LogP contribution < -0.4 is 10.1 Å². The molecule has 0 saturated heterocycles. The van der Waals surface area contributed by atoms with Crippen LogP contribution in [-0.2, 0) is 4.74 Å². The Morgan fingerprint density at radius 2 is 1.86 bits per heavy atom. The molecule has 0 atom stereocenters. The molecular formula is C19H16F3N3O3. The van der Waals surface area contributed by atoms with Gasteiger partial charge < -0.3 is 14.8 Å². The van der Waals surface area contributed by atoms with Gasteiger partial charge in [-0.3, -0.25) is 0 Å². The Balaban J connectivity index is 2.00. The van der Waals surface area contributed by atoms with Gasteiger partial charge in [-0.1, -0.05) is 0 Å². The number of aryl methyl sites for hydroxylation is 1. The number of nitrogens with zero attached hydrogens (tertiary/aromatic N) is 2. The maximum absolute atomic E-state index is 12.3. The van der Waals surface area contributed by atoms with E-state index in [0.717, 1.165) is 5.69 Å². The van der Waals surface area contributed by atoms with Gasteiger partial charge in [0, 0.05) is 23.0 Å². The van der Waals surface area contributed by atoms with Gasteiger partial charge in [0.2, 0.25) is 0 Å². The molecular weight excluding hydrogens is 375 g/mol. The van der Waals surface area contributed by atoms with Crippen LogP contribution in [0.5, 0.6) is 5.75 Å². The molecule has 0 radical (unpaired) electrons. The fraction of sp³-hybridized carbons (Fsp3) is 0.211. The third-order valence-corrected chi connectivity index (χ3v) is 3.72. The van der Waals surface area contributed by atoms with E-state index in [1.807, 2.05) is 6.92 Å². The molecule has 0 aliphatic carbocycles. The molecule has 146 valence electrons. The molecule has 0 aliphatic rings. The van der Waals surface area contributed by atoms with Crippen LogP contribution in [0.2, 0.25) is 0 Å². The number of nitrogens with one attached hydrogen (secondary N) is 1. The van der Waals surface area contributed by atoms with E-state index in [1.165, 1.54) is 30.5 Å². The van der Waals surface area contributed by atoms with Crippen LogP contribution in [0.3, 0.4) is 0 Å². The zero-order valence-corrected chi connectivity index (χ0v) is 15.0. The van der Waals surface area contributed by atoms with E-state index in [0.29, 0.717) is 22.4 Å². The average Bonchev–Trinajstić information content (AvgIpc) is 2.62. The molecule has 0 fully saturated rings. The standard InChI is InChI=1S/C19H16F3N3O3/c1-3-27-18(26)15-10-23-17-14(9-4-11(2)24-17)16(15)25-12-5-7-13(8-6-12)28-19(20,21)22/h4-10H,3H2,1-2H3,(H,23,24,25). The number of hydrogen-bond donors (Lipinski definition) is 1. The number of fused-ring (bicyclic) bond motifs is 1. The van der Waals surface area contributed by atoms with Gasteiger partial charge in [0.25, 0.3) is 0 Å². The minimum absolute atomic E-state index is 0.186. The van der Waals surface area contributed by atoms with Crippen LogP contribution in [0, 0.1) is 6.92 Å². The molecule has 2 aromatic heterocycles. The Hall–Kier alpha value is -3.36. The molecule has 0 spiro atoms. The highest BCUT2D eigenvalue weighted by Gasteiger charge is 2.31. The second-order valence-corrected chi connectivity index (χ2v) is 5.79. The molecule has 1 aromatic carbocycles. The van der Waals surface area contributed by atoms with Crippen molar-refractivity contribution in [1.29, 1.82) is 0 Å². The van der Waals surface area contributed by atoms with Crippen molar-refractivity contribution in [2.75, 3.05) is 11.9 Å². The van der Waals surface area contributed by atoms with Crippen molar-refractivity contribution < 1.29 is 27.4 Å². The predicted octanol–water partition coefficient (Wildman–Crippen LogP) is 4.76. The molecule has 0 aliphatic heterocycles. The minimum Gasteiger partial charge on any atom is -0.462 e. The van der Waals surface area contributed by atoms with Crippen molar-refractivity contribution in [3.8, 4) is 5.75 Å². The number of aromatic nitrogens is 2. The lowest BCUT2D eigenvalue weighted by Crippen LogP contribution is -2.17. The highest BCUT2D eigenvalue weighted by Crippen LogP contribution is 2.31. The van der Waals surface area contributed by atoms with Crippen molar-refractivity contribution in [2.24, 2.45) is 0 Å². The van der Waals surface area contributed by atoms with E-state index in [9.17, 15) is 18.0 Å². The summed E-state index contributed by atoms with van der Waals surface area (Å²) in [5.74, 6) is -0.919. The largest absolute Gasteiger partial charge is 0.573 e. The Labute approximate surface area is 158 Å². The number of carbonyl (C=O) groups is 1. The minimum atomic E-state index is -4.77. The molecule has 0 unspecified atom stereocenters. The van der Waals surface area contributed by atoms with Crippen molar-refractivity contribution in [1.82, 2.24) is 9.97 Å². The first-order valence-electron chi connectivity index (χ1n) is 8.33. The summed E-state index contributed by atoms with van der Waals surface area (Å²) in [6.45, 7) is 3.68. The van der Waals surface area contributed by atoms with Gasteiger partial charge in [0.1, 0.15) is 11.3 Å². The number of ether oxygens (including phenoxy) is 2. The van der Waals surface area contributed by atoms with Crippen molar-refractivity contribution in [2.45, 2.75) is 20.2 Å². The maximum Gasteiger partial charge on any atom is 0.573 e. The topological polar surface area (TPSA) is 73.3 Å². The number of benzene rings is 1. The fourth-order valence-electron chi connectivity index (χ4n) is 2.55. The van der Waals surface area contributed by atoms with Gasteiger partial charge in [-0.05, 0) is 50.2 Å². The third-order valence-electron chi connectivity index (χ3n) is 3.72. The van der Waals surface area contributed by atoms with Gasteiger partial charge in [-0.15, -0.1) is 13.2 Å². The number of esters is 1. The Bertz CT molecular complexity index is 1000. The first kappa shape index (κ1) is 19.4. The fourth-order valence-corrected chi connectivity index (χ4v) is 2.55. The first-order chi connectivity index (χ1) is 13.3.